The number of hydrogen-bond acceptors (Lipinski definition) is 0. The lowest BCUT2D eigenvalue weighted by Crippen LogP contribution is -2.34. The van der Waals surface area contributed by atoms with Crippen molar-refractivity contribution in [2.45, 2.75) is 58.3 Å². The highest BCUT2D eigenvalue weighted by Crippen LogP contribution is 2.46. The number of aryl methyl sites for hydroxylation is 1. The van der Waals surface area contributed by atoms with Gasteiger partial charge in [0.15, 0.2) is 0 Å². The van der Waals surface area contributed by atoms with E-state index < -0.39 is 0 Å². The van der Waals surface area contributed by atoms with E-state index in [1.165, 1.54) is 11.1 Å². The molecule has 0 spiro atoms. The van der Waals surface area contributed by atoms with E-state index in [-0.39, 0.29) is 16.6 Å². The fourth-order valence-electron chi connectivity index (χ4n) is 3.46. The van der Waals surface area contributed by atoms with Gasteiger partial charge < -0.3 is 0 Å². The van der Waals surface area contributed by atoms with Crippen LogP contribution in [0, 0.1) is 24.6 Å². The zero-order chi connectivity index (χ0) is 17.5. The average molecular weight is 320 g/mol. The van der Waals surface area contributed by atoms with Crippen LogP contribution in [0.25, 0.3) is 0 Å². The van der Waals surface area contributed by atoms with Gasteiger partial charge in [0.25, 0.3) is 0 Å². The smallest absolute Gasteiger partial charge is 0.139 e. The van der Waals surface area contributed by atoms with Crippen molar-refractivity contribution in [3.8, 4) is 11.8 Å². The van der Waals surface area contributed by atoms with Crippen molar-refractivity contribution in [2.24, 2.45) is 0 Å². The van der Waals surface area contributed by atoms with E-state index in [4.69, 9.17) is 0 Å². The molecule has 1 aliphatic rings. The molecule has 0 N–H and O–H groups in total. The number of benzene rings is 2. The SMILES string of the molecule is Cc1ccc(C#Cc2cc3c(cc2F)C(C)(C)CCC3(C)C)cc1. The monoisotopic (exact) mass is 320 g/mol. The Morgan fingerprint density at radius 3 is 1.96 bits per heavy atom. The quantitative estimate of drug-likeness (QED) is 0.531. The Morgan fingerprint density at radius 1 is 0.833 bits per heavy atom. The minimum atomic E-state index is -0.209. The fraction of sp³-hybridized carbons (Fsp3) is 0.391. The van der Waals surface area contributed by atoms with Gasteiger partial charge >= 0.3 is 0 Å². The Morgan fingerprint density at radius 2 is 1.38 bits per heavy atom. The van der Waals surface area contributed by atoms with Crippen molar-refractivity contribution in [3.63, 3.8) is 0 Å². The lowest BCUT2D eigenvalue weighted by molar-refractivity contribution is 0.330. The summed E-state index contributed by atoms with van der Waals surface area (Å²) in [4.78, 5) is 0. The second-order valence-electron chi connectivity index (χ2n) is 8.26. The molecule has 2 aromatic rings. The van der Waals surface area contributed by atoms with Crippen molar-refractivity contribution in [2.75, 3.05) is 0 Å². The summed E-state index contributed by atoms with van der Waals surface area (Å²) in [7, 11) is 0. The Labute approximate surface area is 145 Å². The van der Waals surface area contributed by atoms with Gasteiger partial charge in [0.2, 0.25) is 0 Å². The van der Waals surface area contributed by atoms with Crippen LogP contribution in [0.1, 0.15) is 68.4 Å². The second kappa shape index (κ2) is 5.78. The first-order valence-corrected chi connectivity index (χ1v) is 8.62. The summed E-state index contributed by atoms with van der Waals surface area (Å²) in [6, 6.07) is 11.7. The molecule has 24 heavy (non-hydrogen) atoms. The largest absolute Gasteiger partial charge is 0.206 e. The molecule has 0 heterocycles. The highest BCUT2D eigenvalue weighted by molar-refractivity contribution is 5.51. The Balaban J connectivity index is 2.07. The molecule has 0 amide bonds. The number of hydrogen-bond donors (Lipinski definition) is 0. The summed E-state index contributed by atoms with van der Waals surface area (Å²) in [6.07, 6.45) is 2.20. The van der Waals surface area contributed by atoms with Gasteiger partial charge in [-0.05, 0) is 66.0 Å². The predicted octanol–water partition coefficient (Wildman–Crippen LogP) is 5.88. The standard InChI is InChI=1S/C23H25F/c1-16-6-8-17(9-7-16)10-11-18-14-19-20(15-21(18)24)23(4,5)13-12-22(19,2)3/h6-9,14-15H,12-13H2,1-5H3. The highest BCUT2D eigenvalue weighted by Gasteiger charge is 2.37. The second-order valence-corrected chi connectivity index (χ2v) is 8.26. The molecule has 0 bridgehead atoms. The molecule has 1 aliphatic carbocycles. The van der Waals surface area contributed by atoms with Gasteiger partial charge in [-0.15, -0.1) is 0 Å². The van der Waals surface area contributed by atoms with Crippen LogP contribution in [0.5, 0.6) is 0 Å². The van der Waals surface area contributed by atoms with Crippen LogP contribution in [-0.2, 0) is 10.8 Å². The van der Waals surface area contributed by atoms with Crippen molar-refractivity contribution >= 4 is 0 Å². The Bertz CT molecular complexity index is 827. The van der Waals surface area contributed by atoms with Gasteiger partial charge in [-0.1, -0.05) is 57.2 Å². The number of rotatable bonds is 0. The van der Waals surface area contributed by atoms with Crippen LogP contribution in [0.2, 0.25) is 0 Å². The van der Waals surface area contributed by atoms with E-state index in [0.29, 0.717) is 5.56 Å². The molecule has 0 saturated carbocycles. The van der Waals surface area contributed by atoms with Crippen LogP contribution in [0.3, 0.4) is 0 Å². The van der Waals surface area contributed by atoms with Crippen molar-refractivity contribution < 1.29 is 4.39 Å². The topological polar surface area (TPSA) is 0 Å². The minimum absolute atomic E-state index is 0.0224. The molecule has 0 nitrogen and oxygen atoms in total. The molecular formula is C23H25F. The van der Waals surface area contributed by atoms with E-state index in [9.17, 15) is 4.39 Å². The maximum Gasteiger partial charge on any atom is 0.139 e. The normalized spacial score (nSPS) is 17.6. The van der Waals surface area contributed by atoms with Crippen molar-refractivity contribution in [3.05, 3.63) is 70.0 Å². The average Bonchev–Trinajstić information content (AvgIpc) is 2.52. The molecular weight excluding hydrogens is 295 g/mol. The summed E-state index contributed by atoms with van der Waals surface area (Å²) >= 11 is 0. The molecule has 0 fully saturated rings. The Kier molecular flexibility index (Phi) is 4.04. The van der Waals surface area contributed by atoms with Crippen LogP contribution in [0.15, 0.2) is 36.4 Å². The first kappa shape index (κ1) is 16.8. The van der Waals surface area contributed by atoms with E-state index in [1.54, 1.807) is 6.07 Å². The van der Waals surface area contributed by atoms with Gasteiger partial charge in [-0.3, -0.25) is 0 Å². The molecule has 1 heteroatoms. The Hall–Kier alpha value is -2.07. The molecule has 0 atom stereocenters. The highest BCUT2D eigenvalue weighted by atomic mass is 19.1. The third-order valence-corrected chi connectivity index (χ3v) is 5.33. The molecule has 0 aliphatic heterocycles. The predicted molar refractivity (Wildman–Crippen MR) is 98.8 cm³/mol. The first-order valence-electron chi connectivity index (χ1n) is 8.62. The van der Waals surface area contributed by atoms with E-state index in [0.717, 1.165) is 24.0 Å². The fourth-order valence-corrected chi connectivity index (χ4v) is 3.46. The summed E-state index contributed by atoms with van der Waals surface area (Å²) < 4.78 is 14.6. The zero-order valence-electron chi connectivity index (χ0n) is 15.3. The van der Waals surface area contributed by atoms with E-state index >= 15 is 0 Å². The molecule has 0 radical (unpaired) electrons. The third-order valence-electron chi connectivity index (χ3n) is 5.33. The van der Waals surface area contributed by atoms with Crippen LogP contribution in [0.4, 0.5) is 4.39 Å². The molecule has 124 valence electrons. The van der Waals surface area contributed by atoms with Crippen molar-refractivity contribution in [1.29, 1.82) is 0 Å². The lowest BCUT2D eigenvalue weighted by atomic mass is 9.63. The molecule has 0 unspecified atom stereocenters. The van der Waals surface area contributed by atoms with Crippen LogP contribution < -0.4 is 0 Å². The zero-order valence-corrected chi connectivity index (χ0v) is 15.3. The number of fused-ring (bicyclic) bond motifs is 1. The molecule has 3 rings (SSSR count). The third kappa shape index (κ3) is 3.11. The van der Waals surface area contributed by atoms with Gasteiger partial charge in [-0.2, -0.15) is 0 Å². The first-order chi connectivity index (χ1) is 11.2. The maximum absolute atomic E-state index is 14.6. The van der Waals surface area contributed by atoms with Gasteiger partial charge in [0.05, 0.1) is 5.56 Å². The molecule has 0 saturated heterocycles. The van der Waals surface area contributed by atoms with Crippen LogP contribution in [-0.4, -0.2) is 0 Å². The summed E-state index contributed by atoms with van der Waals surface area (Å²) in [5.41, 5.74) is 5.08. The van der Waals surface area contributed by atoms with Crippen molar-refractivity contribution in [1.82, 2.24) is 0 Å². The van der Waals surface area contributed by atoms with Gasteiger partial charge in [-0.25, -0.2) is 4.39 Å². The van der Waals surface area contributed by atoms with Crippen LogP contribution >= 0.6 is 0 Å². The summed E-state index contributed by atoms with van der Waals surface area (Å²) in [6.45, 7) is 11.0. The van der Waals surface area contributed by atoms with Gasteiger partial charge in [0.1, 0.15) is 5.82 Å². The number of halogens is 1. The molecule has 0 aromatic heterocycles. The van der Waals surface area contributed by atoms with E-state index in [1.807, 2.05) is 37.3 Å². The van der Waals surface area contributed by atoms with E-state index in [2.05, 4.69) is 39.5 Å². The van der Waals surface area contributed by atoms with Gasteiger partial charge in [0, 0.05) is 5.56 Å². The summed E-state index contributed by atoms with van der Waals surface area (Å²) in [5, 5.41) is 0. The molecule has 2 aromatic carbocycles. The minimum Gasteiger partial charge on any atom is -0.206 e. The lowest BCUT2D eigenvalue weighted by Gasteiger charge is -2.41. The maximum atomic E-state index is 14.6. The summed E-state index contributed by atoms with van der Waals surface area (Å²) in [5.74, 6) is 5.92.